The fourth-order valence-corrected chi connectivity index (χ4v) is 1.57. The summed E-state index contributed by atoms with van der Waals surface area (Å²) in [6, 6.07) is 3.04. The van der Waals surface area contributed by atoms with Crippen LogP contribution in [0.25, 0.3) is 0 Å². The quantitative estimate of drug-likeness (QED) is 0.820. The Morgan fingerprint density at radius 3 is 2.65 bits per heavy atom. The molecule has 1 unspecified atom stereocenters. The van der Waals surface area contributed by atoms with Crippen LogP contribution in [-0.4, -0.2) is 22.7 Å². The number of phenols is 1. The molecule has 0 bridgehead atoms. The highest BCUT2D eigenvalue weighted by atomic mass is 19.1. The van der Waals surface area contributed by atoms with Crippen molar-refractivity contribution in [1.29, 1.82) is 5.26 Å². The van der Waals surface area contributed by atoms with Gasteiger partial charge in [0.15, 0.2) is 11.6 Å². The van der Waals surface area contributed by atoms with E-state index >= 15 is 0 Å². The van der Waals surface area contributed by atoms with Gasteiger partial charge >= 0.3 is 5.97 Å². The molecule has 1 aromatic rings. The van der Waals surface area contributed by atoms with Crippen molar-refractivity contribution in [2.45, 2.75) is 38.8 Å². The van der Waals surface area contributed by atoms with Gasteiger partial charge < -0.3 is 15.6 Å². The van der Waals surface area contributed by atoms with Crippen molar-refractivity contribution in [2.75, 3.05) is 0 Å². The molecule has 0 radical (unpaired) electrons. The molecule has 0 fully saturated rings. The van der Waals surface area contributed by atoms with Crippen molar-refractivity contribution in [3.05, 3.63) is 29.1 Å². The number of carbonyl (C=O) groups is 1. The highest BCUT2D eigenvalue weighted by molar-refractivity contribution is 5.76. The number of nitriles is 1. The number of benzene rings is 1. The second-order valence-electron chi connectivity index (χ2n) is 5.43. The van der Waals surface area contributed by atoms with Crippen LogP contribution in [0.2, 0.25) is 0 Å². The zero-order valence-electron chi connectivity index (χ0n) is 11.6. The summed E-state index contributed by atoms with van der Waals surface area (Å²) in [5.74, 6) is -2.23. The Labute approximate surface area is 116 Å². The molecular weight excluding hydrogens is 263 g/mol. The number of aromatic hydroxyl groups is 1. The molecular formula is C14H17FN2O3. The third-order valence-corrected chi connectivity index (χ3v) is 2.41. The molecule has 3 N–H and O–H groups in total. The molecule has 0 saturated carbocycles. The molecule has 1 atom stereocenters. The molecule has 0 aliphatic heterocycles. The van der Waals surface area contributed by atoms with E-state index in [1.807, 2.05) is 0 Å². The lowest BCUT2D eigenvalue weighted by Crippen LogP contribution is -2.38. The first-order chi connectivity index (χ1) is 9.14. The van der Waals surface area contributed by atoms with E-state index in [1.54, 1.807) is 26.8 Å². The van der Waals surface area contributed by atoms with Crippen LogP contribution in [-0.2, 0) is 16.0 Å². The maximum atomic E-state index is 13.4. The SMILES string of the molecule is CC(C)(C)OC(=O)C(N)Cc1cc(F)c(O)c(C#N)c1. The minimum atomic E-state index is -0.968. The molecule has 0 aliphatic carbocycles. The van der Waals surface area contributed by atoms with Crippen LogP contribution < -0.4 is 5.73 Å². The second kappa shape index (κ2) is 5.88. The van der Waals surface area contributed by atoms with Crippen LogP contribution in [0, 0.1) is 17.1 Å². The van der Waals surface area contributed by atoms with E-state index in [2.05, 4.69) is 0 Å². The number of phenolic OH excluding ortho intramolecular Hbond substituents is 1. The Kier molecular flexibility index (Phi) is 4.69. The molecule has 20 heavy (non-hydrogen) atoms. The first kappa shape index (κ1) is 15.9. The van der Waals surface area contributed by atoms with Gasteiger partial charge in [-0.15, -0.1) is 0 Å². The lowest BCUT2D eigenvalue weighted by Gasteiger charge is -2.22. The van der Waals surface area contributed by atoms with E-state index in [4.69, 9.17) is 15.7 Å². The summed E-state index contributed by atoms with van der Waals surface area (Å²) in [5.41, 5.74) is 5.18. The first-order valence-corrected chi connectivity index (χ1v) is 6.04. The number of nitrogens with zero attached hydrogens (tertiary/aromatic N) is 1. The lowest BCUT2D eigenvalue weighted by molar-refractivity contribution is -0.156. The number of halogens is 1. The van der Waals surface area contributed by atoms with Crippen LogP contribution in [0.5, 0.6) is 5.75 Å². The number of hydrogen-bond donors (Lipinski definition) is 2. The molecule has 0 saturated heterocycles. The van der Waals surface area contributed by atoms with Crippen molar-refractivity contribution in [3.63, 3.8) is 0 Å². The van der Waals surface area contributed by atoms with Gasteiger partial charge in [0, 0.05) is 0 Å². The normalized spacial score (nSPS) is 12.6. The van der Waals surface area contributed by atoms with Gasteiger partial charge in [0.05, 0.1) is 5.56 Å². The molecule has 108 valence electrons. The average Bonchev–Trinajstić information content (AvgIpc) is 2.31. The van der Waals surface area contributed by atoms with Crippen LogP contribution in [0.3, 0.4) is 0 Å². The van der Waals surface area contributed by atoms with Crippen LogP contribution >= 0.6 is 0 Å². The van der Waals surface area contributed by atoms with E-state index in [0.717, 1.165) is 6.07 Å². The van der Waals surface area contributed by atoms with Gasteiger partial charge in [-0.3, -0.25) is 4.79 Å². The molecule has 0 heterocycles. The van der Waals surface area contributed by atoms with Gasteiger partial charge in [-0.1, -0.05) is 0 Å². The minimum absolute atomic E-state index is 0.0147. The van der Waals surface area contributed by atoms with Gasteiger partial charge in [0.25, 0.3) is 0 Å². The van der Waals surface area contributed by atoms with Crippen molar-refractivity contribution in [3.8, 4) is 11.8 Å². The van der Waals surface area contributed by atoms with Gasteiger partial charge in [-0.25, -0.2) is 4.39 Å². The molecule has 0 aromatic heterocycles. The number of esters is 1. The highest BCUT2D eigenvalue weighted by Gasteiger charge is 2.23. The van der Waals surface area contributed by atoms with Gasteiger partial charge in [0.1, 0.15) is 17.7 Å². The topological polar surface area (TPSA) is 96.3 Å². The van der Waals surface area contributed by atoms with Gasteiger partial charge in [-0.2, -0.15) is 5.26 Å². The minimum Gasteiger partial charge on any atom is -0.504 e. The Morgan fingerprint density at radius 1 is 1.55 bits per heavy atom. The predicted molar refractivity (Wildman–Crippen MR) is 70.3 cm³/mol. The van der Waals surface area contributed by atoms with Crippen LogP contribution in [0.1, 0.15) is 31.9 Å². The maximum Gasteiger partial charge on any atom is 0.323 e. The molecule has 0 amide bonds. The van der Waals surface area contributed by atoms with Crippen molar-refractivity contribution >= 4 is 5.97 Å². The van der Waals surface area contributed by atoms with Gasteiger partial charge in [-0.05, 0) is 44.9 Å². The molecule has 6 heteroatoms. The number of rotatable bonds is 3. The number of hydrogen-bond acceptors (Lipinski definition) is 5. The number of carbonyl (C=O) groups excluding carboxylic acids is 1. The fraction of sp³-hybridized carbons (Fsp3) is 0.429. The third kappa shape index (κ3) is 4.21. The average molecular weight is 280 g/mol. The molecule has 0 aliphatic rings. The monoisotopic (exact) mass is 280 g/mol. The zero-order valence-corrected chi connectivity index (χ0v) is 11.6. The molecule has 1 rings (SSSR count). The van der Waals surface area contributed by atoms with E-state index < -0.39 is 29.2 Å². The van der Waals surface area contributed by atoms with E-state index in [1.165, 1.54) is 6.07 Å². The maximum absolute atomic E-state index is 13.4. The summed E-state index contributed by atoms with van der Waals surface area (Å²) in [5, 5.41) is 18.1. The predicted octanol–water partition coefficient (Wildman–Crippen LogP) is 1.61. The summed E-state index contributed by atoms with van der Waals surface area (Å²) in [7, 11) is 0. The van der Waals surface area contributed by atoms with E-state index in [-0.39, 0.29) is 12.0 Å². The Morgan fingerprint density at radius 2 is 2.15 bits per heavy atom. The van der Waals surface area contributed by atoms with E-state index in [0.29, 0.717) is 5.56 Å². The smallest absolute Gasteiger partial charge is 0.323 e. The Hall–Kier alpha value is -2.13. The standard InChI is InChI=1S/C14H17FN2O3/c1-14(2,3)20-13(19)11(17)6-8-4-9(7-16)12(18)10(15)5-8/h4-5,11,18H,6,17H2,1-3H3. The third-order valence-electron chi connectivity index (χ3n) is 2.41. The fourth-order valence-electron chi connectivity index (χ4n) is 1.57. The van der Waals surface area contributed by atoms with Crippen molar-refractivity contribution in [2.24, 2.45) is 5.73 Å². The summed E-state index contributed by atoms with van der Waals surface area (Å²) in [4.78, 5) is 11.7. The largest absolute Gasteiger partial charge is 0.504 e. The van der Waals surface area contributed by atoms with Crippen LogP contribution in [0.4, 0.5) is 4.39 Å². The lowest BCUT2D eigenvalue weighted by atomic mass is 10.0. The van der Waals surface area contributed by atoms with Crippen molar-refractivity contribution < 1.29 is 19.0 Å². The molecule has 5 nitrogen and oxygen atoms in total. The summed E-state index contributed by atoms with van der Waals surface area (Å²) in [6.07, 6.45) is 0.0147. The Balaban J connectivity index is 2.87. The summed E-state index contributed by atoms with van der Waals surface area (Å²) in [6.45, 7) is 5.14. The molecule has 1 aromatic carbocycles. The molecule has 0 spiro atoms. The second-order valence-corrected chi connectivity index (χ2v) is 5.43. The number of nitrogens with two attached hydrogens (primary N) is 1. The van der Waals surface area contributed by atoms with E-state index in [9.17, 15) is 14.3 Å². The highest BCUT2D eigenvalue weighted by Crippen LogP contribution is 2.23. The van der Waals surface area contributed by atoms with Crippen molar-refractivity contribution in [1.82, 2.24) is 0 Å². The summed E-state index contributed by atoms with van der Waals surface area (Å²) >= 11 is 0. The number of ether oxygens (including phenoxy) is 1. The zero-order chi connectivity index (χ0) is 15.5. The first-order valence-electron chi connectivity index (χ1n) is 6.04. The van der Waals surface area contributed by atoms with Gasteiger partial charge in [0.2, 0.25) is 0 Å². The summed E-state index contributed by atoms with van der Waals surface area (Å²) < 4.78 is 18.5. The Bertz CT molecular complexity index is 559. The van der Waals surface area contributed by atoms with Crippen LogP contribution in [0.15, 0.2) is 12.1 Å².